The summed E-state index contributed by atoms with van der Waals surface area (Å²) in [6, 6.07) is -6.05. The summed E-state index contributed by atoms with van der Waals surface area (Å²) in [5.74, 6) is -6.72. The lowest BCUT2D eigenvalue weighted by Crippen LogP contribution is -2.57. The minimum atomic E-state index is -1.70. The highest BCUT2D eigenvalue weighted by Gasteiger charge is 2.30. The number of nitrogens with one attached hydrogen (secondary N) is 3. The smallest absolute Gasteiger partial charge is 0.328 e. The molecule has 11 N–H and O–H groups in total. The zero-order chi connectivity index (χ0) is 24.1. The highest BCUT2D eigenvalue weighted by atomic mass is 16.4. The van der Waals surface area contributed by atoms with Crippen molar-refractivity contribution in [1.82, 2.24) is 16.0 Å². The molecule has 0 heterocycles. The molecular formula is C16H27N5O10. The zero-order valence-corrected chi connectivity index (χ0v) is 16.4. The van der Waals surface area contributed by atoms with Gasteiger partial charge in [-0.1, -0.05) is 0 Å². The van der Waals surface area contributed by atoms with Crippen LogP contribution >= 0.6 is 0 Å². The van der Waals surface area contributed by atoms with Gasteiger partial charge in [-0.05, 0) is 12.8 Å². The molecule has 0 spiro atoms. The van der Waals surface area contributed by atoms with Gasteiger partial charge in [0.1, 0.15) is 24.2 Å². The average Bonchev–Trinajstić information content (AvgIpc) is 2.70. The normalized spacial score (nSPS) is 14.4. The largest absolute Gasteiger partial charge is 0.481 e. The number of nitrogens with two attached hydrogens (primary N) is 2. The van der Waals surface area contributed by atoms with Crippen molar-refractivity contribution in [2.45, 2.75) is 49.9 Å². The van der Waals surface area contributed by atoms with E-state index in [1.165, 1.54) is 0 Å². The number of hydrogen-bond donors (Lipinski definition) is 9. The molecule has 0 fully saturated rings. The van der Waals surface area contributed by atoms with Crippen LogP contribution in [-0.2, 0) is 28.8 Å². The Hall–Kier alpha value is -3.30. The third-order valence-corrected chi connectivity index (χ3v) is 3.92. The predicted octanol–water partition coefficient (Wildman–Crippen LogP) is -5.03. The van der Waals surface area contributed by atoms with E-state index in [0.717, 1.165) is 0 Å². The first-order valence-corrected chi connectivity index (χ1v) is 9.04. The molecule has 0 aliphatic heterocycles. The first-order valence-electron chi connectivity index (χ1n) is 9.04. The van der Waals surface area contributed by atoms with Gasteiger partial charge in [-0.2, -0.15) is 0 Å². The molecule has 0 saturated heterocycles. The van der Waals surface area contributed by atoms with Gasteiger partial charge < -0.3 is 47.8 Å². The topological polar surface area (TPSA) is 271 Å². The number of aliphatic hydroxyl groups is 2. The Kier molecular flexibility index (Phi) is 12.4. The molecule has 15 nitrogen and oxygen atoms in total. The lowest BCUT2D eigenvalue weighted by atomic mass is 10.1. The van der Waals surface area contributed by atoms with Gasteiger partial charge in [-0.15, -0.1) is 0 Å². The van der Waals surface area contributed by atoms with Crippen LogP contribution in [0.4, 0.5) is 0 Å². The van der Waals surface area contributed by atoms with Crippen LogP contribution in [0.25, 0.3) is 0 Å². The molecular weight excluding hydrogens is 422 g/mol. The van der Waals surface area contributed by atoms with Gasteiger partial charge in [0.2, 0.25) is 23.6 Å². The first-order chi connectivity index (χ1) is 14.4. The summed E-state index contributed by atoms with van der Waals surface area (Å²) in [5, 5.41) is 42.0. The van der Waals surface area contributed by atoms with Crippen LogP contribution in [0.2, 0.25) is 0 Å². The molecule has 4 atom stereocenters. The van der Waals surface area contributed by atoms with Crippen molar-refractivity contribution in [1.29, 1.82) is 0 Å². The van der Waals surface area contributed by atoms with E-state index in [4.69, 9.17) is 31.9 Å². The summed E-state index contributed by atoms with van der Waals surface area (Å²) < 4.78 is 0. The number of carboxylic acid groups (broad SMARTS) is 2. The molecule has 0 bridgehead atoms. The Morgan fingerprint density at radius 1 is 0.710 bits per heavy atom. The van der Waals surface area contributed by atoms with Crippen LogP contribution < -0.4 is 27.4 Å². The van der Waals surface area contributed by atoms with Crippen LogP contribution in [0.5, 0.6) is 0 Å². The molecule has 0 aromatic carbocycles. The fourth-order valence-electron chi connectivity index (χ4n) is 2.18. The Morgan fingerprint density at radius 3 is 1.55 bits per heavy atom. The molecule has 0 aromatic rings. The van der Waals surface area contributed by atoms with Crippen molar-refractivity contribution in [3.63, 3.8) is 0 Å². The summed E-state index contributed by atoms with van der Waals surface area (Å²) in [4.78, 5) is 69.6. The molecule has 31 heavy (non-hydrogen) atoms. The summed E-state index contributed by atoms with van der Waals surface area (Å²) >= 11 is 0. The molecule has 4 unspecified atom stereocenters. The lowest BCUT2D eigenvalue weighted by molar-refractivity contribution is -0.144. The van der Waals surface area contributed by atoms with E-state index in [1.807, 2.05) is 5.32 Å². The second kappa shape index (κ2) is 13.8. The second-order valence-electron chi connectivity index (χ2n) is 6.43. The number of carbonyl (C=O) groups is 6. The van der Waals surface area contributed by atoms with Gasteiger partial charge in [0.25, 0.3) is 0 Å². The van der Waals surface area contributed by atoms with Gasteiger partial charge in [0.05, 0.1) is 13.2 Å². The minimum absolute atomic E-state index is 0.299. The Labute approximate surface area is 176 Å². The van der Waals surface area contributed by atoms with Crippen molar-refractivity contribution in [3.05, 3.63) is 0 Å². The van der Waals surface area contributed by atoms with Crippen molar-refractivity contribution in [3.8, 4) is 0 Å². The number of amides is 4. The molecule has 4 amide bonds. The number of hydrogen-bond acceptors (Lipinski definition) is 9. The van der Waals surface area contributed by atoms with Gasteiger partial charge in [0.15, 0.2) is 0 Å². The summed E-state index contributed by atoms with van der Waals surface area (Å²) in [6.07, 6.45) is -1.67. The maximum atomic E-state index is 12.6. The van der Waals surface area contributed by atoms with Crippen LogP contribution in [0.3, 0.4) is 0 Å². The van der Waals surface area contributed by atoms with Crippen LogP contribution in [0, 0.1) is 0 Å². The maximum absolute atomic E-state index is 12.6. The molecule has 0 radical (unpaired) electrons. The minimum Gasteiger partial charge on any atom is -0.481 e. The van der Waals surface area contributed by atoms with Gasteiger partial charge in [-0.3, -0.25) is 24.0 Å². The molecule has 0 rings (SSSR count). The van der Waals surface area contributed by atoms with Crippen LogP contribution in [0.1, 0.15) is 25.7 Å². The van der Waals surface area contributed by atoms with E-state index in [2.05, 4.69) is 10.6 Å². The molecule has 0 aromatic heterocycles. The first kappa shape index (κ1) is 27.7. The van der Waals surface area contributed by atoms with E-state index in [-0.39, 0.29) is 12.8 Å². The summed E-state index contributed by atoms with van der Waals surface area (Å²) in [5.41, 5.74) is 10.4. The van der Waals surface area contributed by atoms with E-state index >= 15 is 0 Å². The molecule has 0 saturated carbocycles. The number of aliphatic carboxylic acids is 2. The van der Waals surface area contributed by atoms with E-state index in [1.54, 1.807) is 0 Å². The van der Waals surface area contributed by atoms with Crippen molar-refractivity contribution >= 4 is 35.6 Å². The quantitative estimate of drug-likeness (QED) is 0.114. The number of carboxylic acids is 2. The highest BCUT2D eigenvalue weighted by Crippen LogP contribution is 2.04. The van der Waals surface area contributed by atoms with E-state index in [9.17, 15) is 28.8 Å². The summed E-state index contributed by atoms with van der Waals surface area (Å²) in [6.45, 7) is -1.70. The number of rotatable bonds is 15. The molecule has 15 heteroatoms. The van der Waals surface area contributed by atoms with Crippen molar-refractivity contribution in [2.24, 2.45) is 11.5 Å². The summed E-state index contributed by atoms with van der Waals surface area (Å²) in [7, 11) is 0. The third kappa shape index (κ3) is 10.9. The Bertz CT molecular complexity index is 686. The number of carbonyl (C=O) groups excluding carboxylic acids is 4. The number of aliphatic hydroxyl groups excluding tert-OH is 2. The second-order valence-corrected chi connectivity index (χ2v) is 6.43. The highest BCUT2D eigenvalue weighted by molar-refractivity contribution is 5.94. The average molecular weight is 449 g/mol. The predicted molar refractivity (Wildman–Crippen MR) is 101 cm³/mol. The Morgan fingerprint density at radius 2 is 1.16 bits per heavy atom. The van der Waals surface area contributed by atoms with Gasteiger partial charge in [0, 0.05) is 12.8 Å². The maximum Gasteiger partial charge on any atom is 0.328 e. The van der Waals surface area contributed by atoms with E-state index < -0.39 is 85.8 Å². The standard InChI is InChI=1S/C16H27N5O10/c17-7(5-22)13(27)19-8(1-3-11(18)24)14(28)20-9(2-4-12(25)26)15(29)21-10(6-23)16(30)31/h7-10,22-23H,1-6,17H2,(H2,18,24)(H,19,27)(H,20,28)(H,21,29)(H,25,26)(H,30,31). The molecule has 0 aliphatic carbocycles. The Balaban J connectivity index is 5.48. The van der Waals surface area contributed by atoms with Crippen LogP contribution in [0.15, 0.2) is 0 Å². The zero-order valence-electron chi connectivity index (χ0n) is 16.4. The SMILES string of the molecule is NC(=O)CCC(NC(=O)C(N)CO)C(=O)NC(CCC(=O)O)C(=O)NC(CO)C(=O)O. The fraction of sp³-hybridized carbons (Fsp3) is 0.625. The number of primary amides is 1. The molecule has 176 valence electrons. The third-order valence-electron chi connectivity index (χ3n) is 3.92. The van der Waals surface area contributed by atoms with Crippen molar-refractivity contribution in [2.75, 3.05) is 13.2 Å². The monoisotopic (exact) mass is 449 g/mol. The van der Waals surface area contributed by atoms with Gasteiger partial charge >= 0.3 is 11.9 Å². The molecule has 0 aliphatic rings. The van der Waals surface area contributed by atoms with Crippen LogP contribution in [-0.4, -0.2) is 93.4 Å². The van der Waals surface area contributed by atoms with Gasteiger partial charge in [-0.25, -0.2) is 4.79 Å². The van der Waals surface area contributed by atoms with Crippen molar-refractivity contribution < 1.29 is 49.2 Å². The van der Waals surface area contributed by atoms with E-state index in [0.29, 0.717) is 0 Å². The lowest BCUT2D eigenvalue weighted by Gasteiger charge is -2.24. The fourth-order valence-corrected chi connectivity index (χ4v) is 2.18.